The van der Waals surface area contributed by atoms with Gasteiger partial charge < -0.3 is 15.3 Å². The van der Waals surface area contributed by atoms with E-state index in [4.69, 9.17) is 0 Å². The van der Waals surface area contributed by atoms with Crippen LogP contribution in [0.2, 0.25) is 0 Å². The van der Waals surface area contributed by atoms with Crippen LogP contribution < -0.4 is 0 Å². The Morgan fingerprint density at radius 2 is 1.32 bits per heavy atom. The van der Waals surface area contributed by atoms with Gasteiger partial charge in [-0.15, -0.1) is 0 Å². The molecular weight excluding hydrogens is 382 g/mol. The molecule has 0 fully saturated rings. The van der Waals surface area contributed by atoms with E-state index in [1.807, 2.05) is 13.8 Å². The number of hydrogen-bond donors (Lipinski definition) is 3. The molecule has 1 aliphatic carbocycles. The number of benzene rings is 1. The van der Waals surface area contributed by atoms with Crippen LogP contribution in [0.15, 0.2) is 22.8 Å². The minimum atomic E-state index is -0.434. The van der Waals surface area contributed by atoms with Crippen LogP contribution in [0.4, 0.5) is 0 Å². The van der Waals surface area contributed by atoms with E-state index >= 15 is 0 Å². The van der Waals surface area contributed by atoms with E-state index in [0.29, 0.717) is 16.8 Å². The molecule has 2 aromatic rings. The maximum atomic E-state index is 11.1. The quantitative estimate of drug-likeness (QED) is 0.448. The summed E-state index contributed by atoms with van der Waals surface area (Å²) >= 11 is 3.33. The highest BCUT2D eigenvalue weighted by Crippen LogP contribution is 2.68. The Bertz CT molecular complexity index is 868. The zero-order chi connectivity index (χ0) is 18.9. The molecule has 3 rings (SSSR count). The number of aromatic hydroxyl groups is 3. The average Bonchev–Trinajstić information content (AvgIpc) is 2.62. The van der Waals surface area contributed by atoms with Gasteiger partial charge in [0.15, 0.2) is 11.5 Å². The minimum Gasteiger partial charge on any atom is -0.507 e. The topological polar surface area (TPSA) is 73.6 Å². The highest BCUT2D eigenvalue weighted by molar-refractivity contribution is 9.10. The van der Waals surface area contributed by atoms with Crippen molar-refractivity contribution < 1.29 is 15.3 Å². The van der Waals surface area contributed by atoms with Gasteiger partial charge >= 0.3 is 0 Å². The first kappa shape index (κ1) is 18.1. The van der Waals surface area contributed by atoms with E-state index < -0.39 is 10.8 Å². The monoisotopic (exact) mass is 405 g/mol. The maximum absolute atomic E-state index is 11.1. The molecule has 0 saturated heterocycles. The third-order valence-corrected chi connectivity index (χ3v) is 7.25. The molecule has 3 N–H and O–H groups in total. The second kappa shape index (κ2) is 5.13. The van der Waals surface area contributed by atoms with E-state index in [1.165, 1.54) is 0 Å². The van der Waals surface area contributed by atoms with Gasteiger partial charge in [-0.2, -0.15) is 0 Å². The van der Waals surface area contributed by atoms with Crippen molar-refractivity contribution in [2.75, 3.05) is 0 Å². The fraction of sp³-hybridized carbons (Fsp3) is 0.450. The van der Waals surface area contributed by atoms with E-state index in [9.17, 15) is 15.3 Å². The fourth-order valence-corrected chi connectivity index (χ4v) is 4.33. The van der Waals surface area contributed by atoms with E-state index in [2.05, 4.69) is 48.6 Å². The minimum absolute atomic E-state index is 0.0104. The normalized spacial score (nSPS) is 19.6. The molecule has 1 aliphatic rings. The third-order valence-electron chi connectivity index (χ3n) is 6.78. The second-order valence-electron chi connectivity index (χ2n) is 8.41. The van der Waals surface area contributed by atoms with E-state index in [-0.39, 0.29) is 28.2 Å². The first-order valence-electron chi connectivity index (χ1n) is 8.29. The van der Waals surface area contributed by atoms with Crippen LogP contribution in [0.25, 0.3) is 11.3 Å². The summed E-state index contributed by atoms with van der Waals surface area (Å²) in [6.07, 6.45) is 1.59. The highest BCUT2D eigenvalue weighted by Gasteiger charge is 2.60. The van der Waals surface area contributed by atoms with Crippen LogP contribution in [-0.4, -0.2) is 20.3 Å². The predicted molar refractivity (Wildman–Crippen MR) is 102 cm³/mol. The predicted octanol–water partition coefficient (Wildman–Crippen LogP) is 5.22. The Hall–Kier alpha value is -1.75. The molecule has 0 saturated carbocycles. The molecule has 0 radical (unpaired) electrons. The summed E-state index contributed by atoms with van der Waals surface area (Å²) in [4.78, 5) is 4.28. The zero-order valence-electron chi connectivity index (χ0n) is 15.4. The summed E-state index contributed by atoms with van der Waals surface area (Å²) in [5.41, 5.74) is 0.771. The summed E-state index contributed by atoms with van der Waals surface area (Å²) in [7, 11) is 0. The van der Waals surface area contributed by atoms with Gasteiger partial charge in [0.2, 0.25) is 0 Å². The Kier molecular flexibility index (Phi) is 3.71. The molecule has 25 heavy (non-hydrogen) atoms. The van der Waals surface area contributed by atoms with Crippen LogP contribution in [0.1, 0.15) is 52.7 Å². The van der Waals surface area contributed by atoms with Crippen molar-refractivity contribution in [1.82, 2.24) is 4.98 Å². The summed E-state index contributed by atoms with van der Waals surface area (Å²) in [6.45, 7) is 12.5. The van der Waals surface area contributed by atoms with Gasteiger partial charge in [-0.05, 0) is 44.3 Å². The molecular formula is C20H24BrNO3. The maximum Gasteiger partial charge on any atom is 0.171 e. The molecule has 4 nitrogen and oxygen atoms in total. The van der Waals surface area contributed by atoms with Crippen LogP contribution >= 0.6 is 15.9 Å². The van der Waals surface area contributed by atoms with Gasteiger partial charge in [-0.3, -0.25) is 4.98 Å². The van der Waals surface area contributed by atoms with Gasteiger partial charge in [-0.25, -0.2) is 0 Å². The van der Waals surface area contributed by atoms with Gasteiger partial charge in [0.1, 0.15) is 5.75 Å². The lowest BCUT2D eigenvalue weighted by molar-refractivity contribution is 0.122. The number of phenols is 3. The molecule has 0 atom stereocenters. The molecule has 1 heterocycles. The first-order chi connectivity index (χ1) is 11.4. The van der Waals surface area contributed by atoms with Crippen LogP contribution in [0.5, 0.6) is 17.2 Å². The SMILES string of the molecule is CC1(C)c2c(O)c(O)c(-c3ccc(Br)cn3)c(O)c2C(C)(C)C1(C)C. The Balaban J connectivity index is 2.44. The Morgan fingerprint density at radius 1 is 0.800 bits per heavy atom. The lowest BCUT2D eigenvalue weighted by Gasteiger charge is -2.44. The van der Waals surface area contributed by atoms with E-state index in [0.717, 1.165) is 4.47 Å². The smallest absolute Gasteiger partial charge is 0.171 e. The number of rotatable bonds is 1. The Morgan fingerprint density at radius 3 is 1.80 bits per heavy atom. The molecule has 1 aromatic heterocycles. The van der Waals surface area contributed by atoms with Crippen LogP contribution in [-0.2, 0) is 10.8 Å². The van der Waals surface area contributed by atoms with Gasteiger partial charge in [0.05, 0.1) is 11.3 Å². The standard InChI is InChI=1S/C20H24BrNO3/c1-18(2)13-14(19(3,4)20(18,5)6)17(25)16(24)12(15(13)23)11-8-7-10(21)9-22-11/h7-9,23-25H,1-6H3. The van der Waals surface area contributed by atoms with Gasteiger partial charge in [-0.1, -0.05) is 41.5 Å². The summed E-state index contributed by atoms with van der Waals surface area (Å²) in [5, 5.41) is 32.6. The first-order valence-corrected chi connectivity index (χ1v) is 9.08. The lowest BCUT2D eigenvalue weighted by Crippen LogP contribution is -2.42. The number of phenolic OH excluding ortho intramolecular Hbond substituents is 3. The van der Waals surface area contributed by atoms with Crippen LogP contribution in [0, 0.1) is 5.41 Å². The van der Waals surface area contributed by atoms with Crippen molar-refractivity contribution in [3.8, 4) is 28.5 Å². The lowest BCUT2D eigenvalue weighted by atomic mass is 9.59. The highest BCUT2D eigenvalue weighted by atomic mass is 79.9. The molecule has 0 aliphatic heterocycles. The molecule has 0 unspecified atom stereocenters. The van der Waals surface area contributed by atoms with Crippen molar-refractivity contribution in [2.45, 2.75) is 52.4 Å². The Labute approximate surface area is 156 Å². The van der Waals surface area contributed by atoms with Gasteiger partial charge in [0.25, 0.3) is 0 Å². The van der Waals surface area contributed by atoms with Crippen molar-refractivity contribution in [3.05, 3.63) is 33.9 Å². The third kappa shape index (κ3) is 2.08. The number of pyridine rings is 1. The molecule has 1 aromatic carbocycles. The zero-order valence-corrected chi connectivity index (χ0v) is 17.0. The number of aromatic nitrogens is 1. The number of hydrogen-bond acceptors (Lipinski definition) is 4. The second-order valence-corrected chi connectivity index (χ2v) is 9.32. The summed E-state index contributed by atoms with van der Waals surface area (Å²) in [6, 6.07) is 3.48. The summed E-state index contributed by atoms with van der Waals surface area (Å²) in [5.74, 6) is -0.507. The fourth-order valence-electron chi connectivity index (χ4n) is 4.10. The molecule has 0 bridgehead atoms. The van der Waals surface area contributed by atoms with E-state index in [1.54, 1.807) is 18.3 Å². The van der Waals surface area contributed by atoms with Crippen molar-refractivity contribution in [1.29, 1.82) is 0 Å². The molecule has 0 amide bonds. The number of nitrogens with zero attached hydrogens (tertiary/aromatic N) is 1. The number of fused-ring (bicyclic) bond motifs is 1. The van der Waals surface area contributed by atoms with Crippen molar-refractivity contribution in [3.63, 3.8) is 0 Å². The van der Waals surface area contributed by atoms with Crippen molar-refractivity contribution >= 4 is 15.9 Å². The van der Waals surface area contributed by atoms with Gasteiger partial charge in [0, 0.05) is 21.8 Å². The van der Waals surface area contributed by atoms with Crippen LogP contribution in [0.3, 0.4) is 0 Å². The molecule has 5 heteroatoms. The van der Waals surface area contributed by atoms with Crippen molar-refractivity contribution in [2.24, 2.45) is 5.41 Å². The molecule has 0 spiro atoms. The average molecular weight is 406 g/mol. The largest absolute Gasteiger partial charge is 0.507 e. The molecule has 134 valence electrons. The number of halogens is 1. The summed E-state index contributed by atoms with van der Waals surface area (Å²) < 4.78 is 0.795.